The largest absolute Gasteiger partial charge is 0.352 e. The summed E-state index contributed by atoms with van der Waals surface area (Å²) in [6, 6.07) is 18.8. The van der Waals surface area contributed by atoms with Crippen LogP contribution >= 0.6 is 11.6 Å². The highest BCUT2D eigenvalue weighted by Gasteiger charge is 2.48. The molecule has 2 nitrogen and oxygen atoms in total. The predicted octanol–water partition coefficient (Wildman–Crippen LogP) is 6.24. The van der Waals surface area contributed by atoms with Crippen LogP contribution in [0.25, 0.3) is 0 Å². The normalized spacial score (nSPS) is 22.2. The Morgan fingerprint density at radius 3 is 2.38 bits per heavy atom. The Morgan fingerprint density at radius 2 is 1.81 bits per heavy atom. The molecule has 0 spiro atoms. The van der Waals surface area contributed by atoms with Crippen molar-refractivity contribution in [1.82, 2.24) is 4.90 Å². The van der Waals surface area contributed by atoms with Crippen LogP contribution in [-0.4, -0.2) is 17.8 Å². The van der Waals surface area contributed by atoms with Gasteiger partial charge in [0, 0.05) is 11.6 Å². The first-order chi connectivity index (χ1) is 12.5. The Kier molecular flexibility index (Phi) is 5.52. The van der Waals surface area contributed by atoms with Gasteiger partial charge in [-0.3, -0.25) is 4.99 Å². The standard InChI is InChI=1S/C23H27ClN2/c1-5-18(4)23(20-9-7-6-8-10-20)22(19-11-13-21(24)14-12-19)26(16-25-23)15-17(2)3/h6-14,16-17,22H,4-5,15H2,1-3H3. The van der Waals surface area contributed by atoms with E-state index in [0.29, 0.717) is 5.92 Å². The summed E-state index contributed by atoms with van der Waals surface area (Å²) in [7, 11) is 0. The van der Waals surface area contributed by atoms with Gasteiger partial charge in [0.2, 0.25) is 0 Å². The molecule has 0 saturated heterocycles. The van der Waals surface area contributed by atoms with Gasteiger partial charge in [0.05, 0.1) is 12.4 Å². The van der Waals surface area contributed by atoms with E-state index in [1.54, 1.807) is 0 Å². The summed E-state index contributed by atoms with van der Waals surface area (Å²) >= 11 is 6.15. The van der Waals surface area contributed by atoms with E-state index in [9.17, 15) is 0 Å². The topological polar surface area (TPSA) is 15.6 Å². The van der Waals surface area contributed by atoms with Crippen LogP contribution in [-0.2, 0) is 5.54 Å². The molecule has 0 amide bonds. The van der Waals surface area contributed by atoms with Gasteiger partial charge in [-0.25, -0.2) is 0 Å². The van der Waals surface area contributed by atoms with Gasteiger partial charge in [-0.05, 0) is 41.2 Å². The maximum Gasteiger partial charge on any atom is 0.132 e. The summed E-state index contributed by atoms with van der Waals surface area (Å²) in [5.74, 6) is 0.540. The zero-order chi connectivity index (χ0) is 18.7. The molecule has 2 unspecified atom stereocenters. The van der Waals surface area contributed by atoms with Gasteiger partial charge in [-0.2, -0.15) is 0 Å². The van der Waals surface area contributed by atoms with Crippen LogP contribution in [0.15, 0.2) is 71.7 Å². The molecule has 0 radical (unpaired) electrons. The molecule has 136 valence electrons. The predicted molar refractivity (Wildman–Crippen MR) is 112 cm³/mol. The SMILES string of the molecule is C=C(CC)C1(c2ccccc2)N=CN(CC(C)C)C1c1ccc(Cl)cc1. The minimum absolute atomic E-state index is 0.0806. The summed E-state index contributed by atoms with van der Waals surface area (Å²) in [6.45, 7) is 12.0. The van der Waals surface area contributed by atoms with E-state index < -0.39 is 5.54 Å². The zero-order valence-electron chi connectivity index (χ0n) is 15.8. The molecular formula is C23H27ClN2. The van der Waals surface area contributed by atoms with Crippen LogP contribution in [0, 0.1) is 5.92 Å². The highest BCUT2D eigenvalue weighted by molar-refractivity contribution is 6.30. The van der Waals surface area contributed by atoms with Crippen LogP contribution in [0.2, 0.25) is 5.02 Å². The first kappa shape index (κ1) is 18.7. The van der Waals surface area contributed by atoms with Crippen molar-refractivity contribution in [2.45, 2.75) is 38.8 Å². The van der Waals surface area contributed by atoms with E-state index in [0.717, 1.165) is 23.6 Å². The van der Waals surface area contributed by atoms with E-state index in [4.69, 9.17) is 16.6 Å². The lowest BCUT2D eigenvalue weighted by atomic mass is 9.74. The van der Waals surface area contributed by atoms with Crippen molar-refractivity contribution in [3.63, 3.8) is 0 Å². The van der Waals surface area contributed by atoms with Crippen LogP contribution < -0.4 is 0 Å². The van der Waals surface area contributed by atoms with Crippen molar-refractivity contribution in [2.24, 2.45) is 10.9 Å². The lowest BCUT2D eigenvalue weighted by molar-refractivity contribution is 0.240. The Bertz CT molecular complexity index is 780. The average Bonchev–Trinajstić information content (AvgIpc) is 3.02. The molecule has 0 saturated carbocycles. The molecule has 3 heteroatoms. The van der Waals surface area contributed by atoms with Gasteiger partial charge >= 0.3 is 0 Å². The Hall–Kier alpha value is -2.06. The highest BCUT2D eigenvalue weighted by Crippen LogP contribution is 2.51. The number of hydrogen-bond acceptors (Lipinski definition) is 2. The van der Waals surface area contributed by atoms with Gasteiger partial charge < -0.3 is 4.90 Å². The fraction of sp³-hybridized carbons (Fsp3) is 0.348. The van der Waals surface area contributed by atoms with Crippen LogP contribution in [0.3, 0.4) is 0 Å². The van der Waals surface area contributed by atoms with Crippen molar-refractivity contribution >= 4 is 17.9 Å². The Balaban J connectivity index is 2.18. The highest BCUT2D eigenvalue weighted by atomic mass is 35.5. The molecule has 2 aromatic rings. The summed E-state index contributed by atoms with van der Waals surface area (Å²) in [5, 5.41) is 0.753. The number of aliphatic imine (C=N–C) groups is 1. The summed E-state index contributed by atoms with van der Waals surface area (Å²) in [5.41, 5.74) is 3.06. The minimum atomic E-state index is -0.473. The average molecular weight is 367 g/mol. The van der Waals surface area contributed by atoms with E-state index >= 15 is 0 Å². The molecule has 1 heterocycles. The van der Waals surface area contributed by atoms with Crippen molar-refractivity contribution in [1.29, 1.82) is 0 Å². The maximum atomic E-state index is 6.15. The molecule has 1 aliphatic heterocycles. The Labute approximate surface area is 162 Å². The lowest BCUT2D eigenvalue weighted by Gasteiger charge is -2.40. The summed E-state index contributed by atoms with van der Waals surface area (Å²) < 4.78 is 0. The molecule has 0 N–H and O–H groups in total. The summed E-state index contributed by atoms with van der Waals surface area (Å²) in [4.78, 5) is 7.45. The minimum Gasteiger partial charge on any atom is -0.352 e. The number of benzene rings is 2. The zero-order valence-corrected chi connectivity index (χ0v) is 16.6. The third-order valence-electron chi connectivity index (χ3n) is 5.08. The smallest absolute Gasteiger partial charge is 0.132 e. The van der Waals surface area contributed by atoms with Gasteiger partial charge in [0.1, 0.15) is 5.54 Å². The van der Waals surface area contributed by atoms with Gasteiger partial charge in [0.15, 0.2) is 0 Å². The van der Waals surface area contributed by atoms with Crippen molar-refractivity contribution in [3.05, 3.63) is 82.9 Å². The molecular weight excluding hydrogens is 340 g/mol. The van der Waals surface area contributed by atoms with E-state index in [1.165, 1.54) is 11.1 Å². The van der Waals surface area contributed by atoms with Gasteiger partial charge in [0.25, 0.3) is 0 Å². The number of rotatable bonds is 6. The lowest BCUT2D eigenvalue weighted by Crippen LogP contribution is -2.39. The fourth-order valence-corrected chi connectivity index (χ4v) is 4.00. The first-order valence-corrected chi connectivity index (χ1v) is 9.67. The summed E-state index contributed by atoms with van der Waals surface area (Å²) in [6.07, 6.45) is 2.90. The Morgan fingerprint density at radius 1 is 1.15 bits per heavy atom. The second-order valence-corrected chi connectivity index (χ2v) is 7.82. The number of hydrogen-bond donors (Lipinski definition) is 0. The fourth-order valence-electron chi connectivity index (χ4n) is 3.88. The quantitative estimate of drug-likeness (QED) is 0.552. The molecule has 1 aliphatic rings. The first-order valence-electron chi connectivity index (χ1n) is 9.29. The third kappa shape index (κ3) is 3.31. The molecule has 2 aromatic carbocycles. The van der Waals surface area contributed by atoms with E-state index in [1.807, 2.05) is 24.5 Å². The van der Waals surface area contributed by atoms with E-state index in [2.05, 4.69) is 68.6 Å². The second-order valence-electron chi connectivity index (χ2n) is 7.38. The van der Waals surface area contributed by atoms with Gasteiger partial charge in [-0.1, -0.05) is 81.4 Å². The molecule has 0 aliphatic carbocycles. The van der Waals surface area contributed by atoms with Crippen molar-refractivity contribution in [3.8, 4) is 0 Å². The number of halogens is 1. The van der Waals surface area contributed by atoms with Crippen LogP contribution in [0.5, 0.6) is 0 Å². The molecule has 0 fully saturated rings. The maximum absolute atomic E-state index is 6.15. The van der Waals surface area contributed by atoms with Crippen molar-refractivity contribution in [2.75, 3.05) is 6.54 Å². The molecule has 0 bridgehead atoms. The molecule has 3 rings (SSSR count). The molecule has 2 atom stereocenters. The monoisotopic (exact) mass is 366 g/mol. The number of nitrogens with zero attached hydrogens (tertiary/aromatic N) is 2. The van der Waals surface area contributed by atoms with Gasteiger partial charge in [-0.15, -0.1) is 0 Å². The molecule has 0 aromatic heterocycles. The van der Waals surface area contributed by atoms with Crippen LogP contribution in [0.1, 0.15) is 44.4 Å². The third-order valence-corrected chi connectivity index (χ3v) is 5.33. The van der Waals surface area contributed by atoms with E-state index in [-0.39, 0.29) is 6.04 Å². The molecule has 26 heavy (non-hydrogen) atoms. The van der Waals surface area contributed by atoms with Crippen LogP contribution in [0.4, 0.5) is 0 Å². The second kappa shape index (κ2) is 7.67. The van der Waals surface area contributed by atoms with Crippen molar-refractivity contribution < 1.29 is 0 Å².